The first-order valence-corrected chi connectivity index (χ1v) is 3.95. The molecule has 1 amide bonds. The third kappa shape index (κ3) is 1.53. The van der Waals surface area contributed by atoms with Crippen LogP contribution in [0.15, 0.2) is 0 Å². The molecule has 70 valence electrons. The number of H-pyrrole nitrogens is 1. The molecule has 4 N–H and O–H groups in total. The largest absolute Gasteiger partial charge is 0.368 e. The first-order valence-electron chi connectivity index (χ1n) is 3.95. The Morgan fingerprint density at radius 1 is 1.54 bits per heavy atom. The van der Waals surface area contributed by atoms with Crippen LogP contribution in [-0.4, -0.2) is 40.7 Å². The van der Waals surface area contributed by atoms with E-state index < -0.39 is 0 Å². The lowest BCUT2D eigenvalue weighted by molar-refractivity contribution is -0.120. The second kappa shape index (κ2) is 2.92. The molecule has 0 saturated carbocycles. The van der Waals surface area contributed by atoms with Gasteiger partial charge in [0, 0.05) is 13.1 Å². The fourth-order valence-electron chi connectivity index (χ4n) is 1.22. The molecule has 2 rings (SSSR count). The summed E-state index contributed by atoms with van der Waals surface area (Å²) in [5.41, 5.74) is 5.36. The van der Waals surface area contributed by atoms with Gasteiger partial charge in [-0.3, -0.25) is 4.79 Å². The van der Waals surface area contributed by atoms with Gasteiger partial charge >= 0.3 is 0 Å². The van der Waals surface area contributed by atoms with Crippen LogP contribution in [0, 0.1) is 0 Å². The molecular weight excluding hydrogens is 172 g/mol. The number of hydrogen-bond donors (Lipinski definition) is 3. The van der Waals surface area contributed by atoms with Gasteiger partial charge in [0.1, 0.15) is 0 Å². The number of nitrogen functional groups attached to an aromatic ring is 1. The van der Waals surface area contributed by atoms with E-state index in [4.69, 9.17) is 5.73 Å². The van der Waals surface area contributed by atoms with Crippen molar-refractivity contribution in [2.75, 3.05) is 30.3 Å². The Hall–Kier alpha value is -1.79. The summed E-state index contributed by atoms with van der Waals surface area (Å²) >= 11 is 0. The molecule has 7 nitrogen and oxygen atoms in total. The monoisotopic (exact) mass is 182 g/mol. The third-order valence-corrected chi connectivity index (χ3v) is 1.81. The summed E-state index contributed by atoms with van der Waals surface area (Å²) in [6.45, 7) is 1.62. The van der Waals surface area contributed by atoms with Crippen molar-refractivity contribution in [2.24, 2.45) is 0 Å². The number of aromatic nitrogens is 3. The second-order valence-corrected chi connectivity index (χ2v) is 2.79. The van der Waals surface area contributed by atoms with Crippen molar-refractivity contribution >= 4 is 17.8 Å². The number of carbonyl (C=O) groups is 1. The van der Waals surface area contributed by atoms with E-state index in [0.29, 0.717) is 19.0 Å². The number of amides is 1. The average Bonchev–Trinajstić information content (AvgIpc) is 2.52. The van der Waals surface area contributed by atoms with Crippen LogP contribution in [0.2, 0.25) is 0 Å². The Kier molecular flexibility index (Phi) is 1.76. The van der Waals surface area contributed by atoms with Crippen LogP contribution in [0.5, 0.6) is 0 Å². The Bertz CT molecular complexity index is 321. The summed E-state index contributed by atoms with van der Waals surface area (Å²) in [4.78, 5) is 16.7. The van der Waals surface area contributed by atoms with Gasteiger partial charge in [0.25, 0.3) is 0 Å². The van der Waals surface area contributed by atoms with E-state index in [-0.39, 0.29) is 18.4 Å². The molecule has 1 aromatic rings. The maximum Gasteiger partial charge on any atom is 0.246 e. The minimum absolute atomic E-state index is 0.0189. The van der Waals surface area contributed by atoms with E-state index in [9.17, 15) is 4.79 Å². The van der Waals surface area contributed by atoms with Gasteiger partial charge in [-0.1, -0.05) is 0 Å². The van der Waals surface area contributed by atoms with Crippen molar-refractivity contribution in [1.29, 1.82) is 0 Å². The number of anilines is 2. The zero-order chi connectivity index (χ0) is 9.26. The van der Waals surface area contributed by atoms with Crippen LogP contribution in [-0.2, 0) is 4.79 Å². The van der Waals surface area contributed by atoms with Gasteiger partial charge in [0.05, 0.1) is 6.54 Å². The van der Waals surface area contributed by atoms with Crippen molar-refractivity contribution in [3.63, 3.8) is 0 Å². The molecule has 1 aromatic heterocycles. The molecule has 0 spiro atoms. The van der Waals surface area contributed by atoms with Crippen molar-refractivity contribution < 1.29 is 4.79 Å². The molecule has 0 aromatic carbocycles. The first kappa shape index (κ1) is 7.84. The van der Waals surface area contributed by atoms with Crippen LogP contribution in [0.3, 0.4) is 0 Å². The third-order valence-electron chi connectivity index (χ3n) is 1.81. The molecule has 1 aliphatic heterocycles. The van der Waals surface area contributed by atoms with Gasteiger partial charge in [0.2, 0.25) is 17.8 Å². The smallest absolute Gasteiger partial charge is 0.246 e. The van der Waals surface area contributed by atoms with Crippen LogP contribution < -0.4 is 16.0 Å². The average molecular weight is 182 g/mol. The van der Waals surface area contributed by atoms with Gasteiger partial charge in [-0.05, 0) is 0 Å². The lowest BCUT2D eigenvalue weighted by Crippen LogP contribution is -2.48. The number of piperazine rings is 1. The maximum atomic E-state index is 11.0. The van der Waals surface area contributed by atoms with Crippen LogP contribution in [0.25, 0.3) is 0 Å². The molecule has 0 radical (unpaired) electrons. The van der Waals surface area contributed by atoms with E-state index in [1.807, 2.05) is 0 Å². The lowest BCUT2D eigenvalue weighted by atomic mass is 10.4. The Balaban J connectivity index is 2.12. The highest BCUT2D eigenvalue weighted by atomic mass is 16.2. The van der Waals surface area contributed by atoms with Crippen molar-refractivity contribution in [1.82, 2.24) is 20.5 Å². The molecule has 1 aliphatic rings. The highest BCUT2D eigenvalue weighted by molar-refractivity contribution is 5.81. The number of carbonyl (C=O) groups excluding carboxylic acids is 1. The van der Waals surface area contributed by atoms with Crippen LogP contribution in [0.1, 0.15) is 0 Å². The van der Waals surface area contributed by atoms with Gasteiger partial charge in [-0.15, -0.1) is 5.10 Å². The summed E-state index contributed by atoms with van der Waals surface area (Å²) in [5, 5.41) is 9.09. The zero-order valence-electron chi connectivity index (χ0n) is 6.95. The molecule has 13 heavy (non-hydrogen) atoms. The van der Waals surface area contributed by atoms with Gasteiger partial charge in [-0.2, -0.15) is 4.98 Å². The van der Waals surface area contributed by atoms with E-state index in [1.165, 1.54) is 0 Å². The summed E-state index contributed by atoms with van der Waals surface area (Å²) in [7, 11) is 0. The Morgan fingerprint density at radius 3 is 3.00 bits per heavy atom. The van der Waals surface area contributed by atoms with Crippen molar-refractivity contribution in [3.05, 3.63) is 0 Å². The minimum Gasteiger partial charge on any atom is -0.368 e. The number of aromatic amines is 1. The molecule has 0 atom stereocenters. The molecule has 0 unspecified atom stereocenters. The van der Waals surface area contributed by atoms with E-state index in [2.05, 4.69) is 20.5 Å². The molecule has 0 aliphatic carbocycles. The number of nitrogens with one attached hydrogen (secondary N) is 2. The number of nitrogens with zero attached hydrogens (tertiary/aromatic N) is 3. The van der Waals surface area contributed by atoms with Crippen molar-refractivity contribution in [3.8, 4) is 0 Å². The topological polar surface area (TPSA) is 99.9 Å². The van der Waals surface area contributed by atoms with Gasteiger partial charge in [-0.25, -0.2) is 5.10 Å². The number of rotatable bonds is 1. The minimum atomic E-state index is -0.0189. The summed E-state index contributed by atoms with van der Waals surface area (Å²) in [6.07, 6.45) is 0. The molecule has 7 heteroatoms. The Labute approximate surface area is 74.3 Å². The predicted octanol–water partition coefficient (Wildman–Crippen LogP) is -1.68. The van der Waals surface area contributed by atoms with Crippen molar-refractivity contribution in [2.45, 2.75) is 0 Å². The molecule has 1 fully saturated rings. The SMILES string of the molecule is Nc1nc(N2CCNC(=O)C2)n[nH]1. The van der Waals surface area contributed by atoms with E-state index in [1.54, 1.807) is 4.90 Å². The normalized spacial score (nSPS) is 17.2. The maximum absolute atomic E-state index is 11.0. The standard InChI is InChI=1S/C6H10N6O/c7-5-9-6(11-10-5)12-2-1-8-4(13)3-12/h1-3H2,(H,8,13)(H3,7,9,10,11). The highest BCUT2D eigenvalue weighted by Crippen LogP contribution is 2.07. The summed E-state index contributed by atoms with van der Waals surface area (Å²) < 4.78 is 0. The van der Waals surface area contributed by atoms with Gasteiger partial charge < -0.3 is 16.0 Å². The highest BCUT2D eigenvalue weighted by Gasteiger charge is 2.19. The summed E-state index contributed by atoms with van der Waals surface area (Å²) in [6, 6.07) is 0. The zero-order valence-corrected chi connectivity index (χ0v) is 6.95. The van der Waals surface area contributed by atoms with E-state index >= 15 is 0 Å². The molecule has 2 heterocycles. The Morgan fingerprint density at radius 2 is 2.38 bits per heavy atom. The molecule has 0 bridgehead atoms. The predicted molar refractivity (Wildman–Crippen MR) is 46.0 cm³/mol. The van der Waals surface area contributed by atoms with Crippen LogP contribution >= 0.6 is 0 Å². The fourth-order valence-corrected chi connectivity index (χ4v) is 1.22. The molecular formula is C6H10N6O. The first-order chi connectivity index (χ1) is 6.25. The van der Waals surface area contributed by atoms with Gasteiger partial charge in [0.15, 0.2) is 0 Å². The summed E-state index contributed by atoms with van der Waals surface area (Å²) in [5.74, 6) is 0.725. The molecule has 1 saturated heterocycles. The lowest BCUT2D eigenvalue weighted by Gasteiger charge is -2.24. The number of hydrogen-bond acceptors (Lipinski definition) is 5. The fraction of sp³-hybridized carbons (Fsp3) is 0.500. The quantitative estimate of drug-likeness (QED) is 0.482. The van der Waals surface area contributed by atoms with Crippen LogP contribution in [0.4, 0.5) is 11.9 Å². The van der Waals surface area contributed by atoms with E-state index in [0.717, 1.165) is 0 Å². The second-order valence-electron chi connectivity index (χ2n) is 2.79. The number of nitrogens with two attached hydrogens (primary N) is 1.